The summed E-state index contributed by atoms with van der Waals surface area (Å²) in [5.41, 5.74) is -1.26. The van der Waals surface area contributed by atoms with Gasteiger partial charge in [-0.25, -0.2) is 4.79 Å². The Morgan fingerprint density at radius 2 is 1.88 bits per heavy atom. The number of anilines is 1. The van der Waals surface area contributed by atoms with Crippen LogP contribution in [-0.4, -0.2) is 54.8 Å². The number of nitrogens with zero attached hydrogens (tertiary/aromatic N) is 5. The van der Waals surface area contributed by atoms with Crippen LogP contribution in [-0.2, 0) is 27.7 Å². The number of alkyl halides is 3. The lowest BCUT2D eigenvalue weighted by atomic mass is 9.74. The maximum Gasteiger partial charge on any atom is 0.416 e. The topological polar surface area (TPSA) is 111 Å². The van der Waals surface area contributed by atoms with Crippen molar-refractivity contribution >= 4 is 51.0 Å². The van der Waals surface area contributed by atoms with Crippen molar-refractivity contribution in [2.75, 3.05) is 18.4 Å². The van der Waals surface area contributed by atoms with Crippen LogP contribution in [0.5, 0.6) is 0 Å². The maximum absolute atomic E-state index is 13.9. The molecule has 1 fully saturated rings. The van der Waals surface area contributed by atoms with Gasteiger partial charge in [0.05, 0.1) is 16.3 Å². The minimum Gasteiger partial charge on any atom is -0.444 e. The van der Waals surface area contributed by atoms with Crippen LogP contribution in [0, 0.1) is 0 Å². The molecular weight excluding hydrogens is 645 g/mol. The van der Waals surface area contributed by atoms with Crippen molar-refractivity contribution in [2.24, 2.45) is 0 Å². The smallest absolute Gasteiger partial charge is 0.416 e. The molecule has 2 aliphatic rings. The fourth-order valence-corrected chi connectivity index (χ4v) is 6.57. The van der Waals surface area contributed by atoms with Crippen LogP contribution in [0.15, 0.2) is 27.7 Å². The predicted octanol–water partition coefficient (Wildman–Crippen LogP) is 5.74. The van der Waals surface area contributed by atoms with E-state index in [0.29, 0.717) is 43.6 Å². The number of nitrogens with one attached hydrogen (secondary N) is 1. The van der Waals surface area contributed by atoms with E-state index in [1.54, 1.807) is 30.2 Å². The molecule has 1 aliphatic heterocycles. The van der Waals surface area contributed by atoms with E-state index < -0.39 is 34.8 Å². The molecule has 1 aromatic carbocycles. The first-order valence-corrected chi connectivity index (χ1v) is 14.5. The van der Waals surface area contributed by atoms with Crippen molar-refractivity contribution in [3.05, 3.63) is 55.1 Å². The third-order valence-electron chi connectivity index (χ3n) is 7.70. The van der Waals surface area contributed by atoms with Crippen molar-refractivity contribution < 1.29 is 27.5 Å². The molecule has 1 unspecified atom stereocenters. The lowest BCUT2D eigenvalue weighted by Gasteiger charge is -2.40. The number of hydrogen-bond acceptors (Lipinski definition) is 6. The van der Waals surface area contributed by atoms with Gasteiger partial charge in [0.15, 0.2) is 0 Å². The molecule has 2 aromatic heterocycles. The SMILES string of the molecule is CC1CC2(CCN(C(=O)OC(C)(C)C)CC2)c2c1n(CC(=O)Nc1ccc(C(F)(F)F)cc1Cl)c1nc(Br)nn1c2=O. The highest BCUT2D eigenvalue weighted by Gasteiger charge is 2.49. The number of rotatable bonds is 3. The van der Waals surface area contributed by atoms with Crippen LogP contribution in [0.25, 0.3) is 5.78 Å². The molecule has 42 heavy (non-hydrogen) atoms. The molecule has 5 rings (SSSR count). The maximum atomic E-state index is 13.9. The molecule has 3 aromatic rings. The Morgan fingerprint density at radius 3 is 2.48 bits per heavy atom. The molecule has 10 nitrogen and oxygen atoms in total. The highest BCUT2D eigenvalue weighted by Crippen LogP contribution is 2.50. The summed E-state index contributed by atoms with van der Waals surface area (Å²) in [6.45, 7) is 7.87. The van der Waals surface area contributed by atoms with Crippen molar-refractivity contribution in [3.63, 3.8) is 0 Å². The van der Waals surface area contributed by atoms with E-state index in [9.17, 15) is 27.6 Å². The first-order valence-electron chi connectivity index (χ1n) is 13.3. The number of carbonyl (C=O) groups is 2. The molecule has 1 atom stereocenters. The summed E-state index contributed by atoms with van der Waals surface area (Å²) in [6.07, 6.45) is -3.32. The van der Waals surface area contributed by atoms with E-state index in [1.807, 2.05) is 6.92 Å². The molecule has 1 aliphatic carbocycles. The van der Waals surface area contributed by atoms with E-state index in [0.717, 1.165) is 22.7 Å². The van der Waals surface area contributed by atoms with Gasteiger partial charge in [-0.15, -0.1) is 5.10 Å². The van der Waals surface area contributed by atoms with Gasteiger partial charge in [-0.2, -0.15) is 22.7 Å². The molecule has 1 saturated heterocycles. The zero-order valence-corrected chi connectivity index (χ0v) is 25.7. The summed E-state index contributed by atoms with van der Waals surface area (Å²) < 4.78 is 47.6. The molecular formula is C27H29BrClF3N6O4. The van der Waals surface area contributed by atoms with Crippen LogP contribution in [0.2, 0.25) is 5.02 Å². The Hall–Kier alpha value is -3.13. The predicted molar refractivity (Wildman–Crippen MR) is 152 cm³/mol. The van der Waals surface area contributed by atoms with Gasteiger partial charge in [-0.05, 0) is 80.1 Å². The summed E-state index contributed by atoms with van der Waals surface area (Å²) in [6, 6.07) is 2.68. The second kappa shape index (κ2) is 10.5. The Morgan fingerprint density at radius 1 is 1.21 bits per heavy atom. The summed E-state index contributed by atoms with van der Waals surface area (Å²) >= 11 is 9.27. The minimum atomic E-state index is -4.58. The Bertz CT molecular complexity index is 1640. The lowest BCUT2D eigenvalue weighted by molar-refractivity contribution is -0.137. The number of carbonyl (C=O) groups excluding carboxylic acids is 2. The molecule has 0 bridgehead atoms. The van der Waals surface area contributed by atoms with Gasteiger partial charge in [-0.1, -0.05) is 18.5 Å². The number of halogens is 5. The van der Waals surface area contributed by atoms with Gasteiger partial charge in [0.25, 0.3) is 5.56 Å². The lowest BCUT2D eigenvalue weighted by Crippen LogP contribution is -2.48. The van der Waals surface area contributed by atoms with Crippen molar-refractivity contribution in [1.82, 2.24) is 24.1 Å². The summed E-state index contributed by atoms with van der Waals surface area (Å²) in [7, 11) is 0. The zero-order valence-electron chi connectivity index (χ0n) is 23.3. The largest absolute Gasteiger partial charge is 0.444 e. The number of hydrogen-bond donors (Lipinski definition) is 1. The third-order valence-corrected chi connectivity index (χ3v) is 8.35. The molecule has 15 heteroatoms. The quantitative estimate of drug-likeness (QED) is 0.380. The second-order valence-electron chi connectivity index (χ2n) is 11.8. The minimum absolute atomic E-state index is 0.0186. The third kappa shape index (κ3) is 5.62. The normalized spacial score (nSPS) is 18.4. The van der Waals surface area contributed by atoms with Gasteiger partial charge in [-0.3, -0.25) is 9.59 Å². The van der Waals surface area contributed by atoms with Gasteiger partial charge in [0.2, 0.25) is 16.4 Å². The van der Waals surface area contributed by atoms with Crippen molar-refractivity contribution in [3.8, 4) is 0 Å². The van der Waals surface area contributed by atoms with Crippen LogP contribution in [0.1, 0.15) is 69.7 Å². The van der Waals surface area contributed by atoms with Gasteiger partial charge >= 0.3 is 12.3 Å². The number of benzene rings is 1. The van der Waals surface area contributed by atoms with E-state index >= 15 is 0 Å². The number of aromatic nitrogens is 4. The second-order valence-corrected chi connectivity index (χ2v) is 13.0. The van der Waals surface area contributed by atoms with Crippen LogP contribution in [0.4, 0.5) is 23.7 Å². The van der Waals surface area contributed by atoms with E-state index in [4.69, 9.17) is 16.3 Å². The number of likely N-dealkylation sites (tertiary alicyclic amines) is 1. The van der Waals surface area contributed by atoms with Gasteiger partial charge in [0, 0.05) is 29.8 Å². The van der Waals surface area contributed by atoms with Crippen LogP contribution in [0.3, 0.4) is 0 Å². The number of piperidine rings is 1. The standard InChI is InChI=1S/C27H29BrClF3N6O4/c1-14-12-26(7-9-36(10-8-26)24(41)42-25(2,3)4)19-20(14)37(23-34-22(28)35-38(23)21(19)40)13-18(39)33-17-6-5-15(11-16(17)29)27(30,31)32/h5-6,11,14H,7-10,12-13H2,1-4H3,(H,33,39). The van der Waals surface area contributed by atoms with Gasteiger partial charge < -0.3 is 19.5 Å². The highest BCUT2D eigenvalue weighted by atomic mass is 79.9. The first kappa shape index (κ1) is 30.3. The summed E-state index contributed by atoms with van der Waals surface area (Å²) in [4.78, 5) is 45.8. The first-order chi connectivity index (χ1) is 19.5. The molecule has 1 N–H and O–H groups in total. The average molecular weight is 674 g/mol. The number of fused-ring (bicyclic) bond motifs is 3. The molecule has 2 amide bonds. The fraction of sp³-hybridized carbons (Fsp3) is 0.519. The van der Waals surface area contributed by atoms with Gasteiger partial charge in [0.1, 0.15) is 12.1 Å². The summed E-state index contributed by atoms with van der Waals surface area (Å²) in [5, 5.41) is 6.53. The highest BCUT2D eigenvalue weighted by molar-refractivity contribution is 9.10. The molecule has 0 saturated carbocycles. The van der Waals surface area contributed by atoms with Crippen LogP contribution >= 0.6 is 27.5 Å². The Kier molecular flexibility index (Phi) is 7.62. The molecule has 0 radical (unpaired) electrons. The molecule has 1 spiro atoms. The molecule has 226 valence electrons. The summed E-state index contributed by atoms with van der Waals surface area (Å²) in [5.74, 6) is -0.561. The Balaban J connectivity index is 1.48. The number of amides is 2. The number of ether oxygens (including phenoxy) is 1. The zero-order chi connectivity index (χ0) is 30.8. The van der Waals surface area contributed by atoms with E-state index in [2.05, 4.69) is 31.3 Å². The van der Waals surface area contributed by atoms with E-state index in [-0.39, 0.29) is 39.2 Å². The molecule has 3 heterocycles. The monoisotopic (exact) mass is 672 g/mol. The average Bonchev–Trinajstić information content (AvgIpc) is 3.39. The fourth-order valence-electron chi connectivity index (χ4n) is 6.02. The van der Waals surface area contributed by atoms with Crippen LogP contribution < -0.4 is 10.9 Å². The van der Waals surface area contributed by atoms with Crippen molar-refractivity contribution in [1.29, 1.82) is 0 Å². The Labute approximate surface area is 252 Å². The van der Waals surface area contributed by atoms with Crippen molar-refractivity contribution in [2.45, 2.75) is 76.6 Å². The van der Waals surface area contributed by atoms with E-state index in [1.165, 1.54) is 0 Å².